The summed E-state index contributed by atoms with van der Waals surface area (Å²) in [4.78, 5) is 13.9. The SMILES string of the molecule is CC(C)c1nnc(NC(=O)N(C)[C@H](C)c2ccccc2)s1. The van der Waals surface area contributed by atoms with E-state index >= 15 is 0 Å². The van der Waals surface area contributed by atoms with Crippen molar-refractivity contribution >= 4 is 22.5 Å². The number of carbonyl (C=O) groups excluding carboxylic acids is 1. The monoisotopic (exact) mass is 304 g/mol. The van der Waals surface area contributed by atoms with E-state index in [1.165, 1.54) is 11.3 Å². The van der Waals surface area contributed by atoms with Gasteiger partial charge in [0.1, 0.15) is 5.01 Å². The molecule has 0 radical (unpaired) electrons. The van der Waals surface area contributed by atoms with E-state index in [-0.39, 0.29) is 12.1 Å². The highest BCUT2D eigenvalue weighted by atomic mass is 32.1. The molecular formula is C15H20N4OS. The average molecular weight is 304 g/mol. The zero-order valence-corrected chi connectivity index (χ0v) is 13.5. The number of benzene rings is 1. The molecule has 0 aliphatic heterocycles. The third kappa shape index (κ3) is 3.78. The fourth-order valence-electron chi connectivity index (χ4n) is 1.83. The molecule has 21 heavy (non-hydrogen) atoms. The van der Waals surface area contributed by atoms with Gasteiger partial charge in [-0.1, -0.05) is 55.5 Å². The summed E-state index contributed by atoms with van der Waals surface area (Å²) in [6.07, 6.45) is 0. The van der Waals surface area contributed by atoms with E-state index in [1.807, 2.05) is 37.3 Å². The van der Waals surface area contributed by atoms with Gasteiger partial charge in [-0.15, -0.1) is 10.2 Å². The van der Waals surface area contributed by atoms with Gasteiger partial charge in [0, 0.05) is 13.0 Å². The second-order valence-electron chi connectivity index (χ2n) is 5.23. The van der Waals surface area contributed by atoms with Crippen LogP contribution in [0.5, 0.6) is 0 Å². The van der Waals surface area contributed by atoms with Crippen molar-refractivity contribution in [1.29, 1.82) is 0 Å². The summed E-state index contributed by atoms with van der Waals surface area (Å²) < 4.78 is 0. The fraction of sp³-hybridized carbons (Fsp3) is 0.400. The summed E-state index contributed by atoms with van der Waals surface area (Å²) in [6.45, 7) is 6.10. The molecule has 0 aliphatic carbocycles. The first-order valence-corrected chi connectivity index (χ1v) is 7.73. The first-order chi connectivity index (χ1) is 9.99. The smallest absolute Gasteiger partial charge is 0.321 e. The second-order valence-corrected chi connectivity index (χ2v) is 6.24. The minimum absolute atomic E-state index is 0.0105. The van der Waals surface area contributed by atoms with E-state index in [0.29, 0.717) is 11.0 Å². The summed E-state index contributed by atoms with van der Waals surface area (Å²) in [5.74, 6) is 0.314. The molecule has 1 aromatic carbocycles. The van der Waals surface area contributed by atoms with Crippen LogP contribution in [0.1, 0.15) is 43.3 Å². The largest absolute Gasteiger partial charge is 0.323 e. The number of nitrogens with zero attached hydrogens (tertiary/aromatic N) is 3. The Kier molecular flexibility index (Phi) is 4.90. The Labute approximate surface area is 129 Å². The van der Waals surface area contributed by atoms with Gasteiger partial charge in [0.15, 0.2) is 0 Å². The molecule has 1 aromatic heterocycles. The Bertz CT molecular complexity index is 597. The lowest BCUT2D eigenvalue weighted by molar-refractivity contribution is 0.208. The molecule has 1 N–H and O–H groups in total. The van der Waals surface area contributed by atoms with E-state index in [2.05, 4.69) is 29.4 Å². The maximum Gasteiger partial charge on any atom is 0.323 e. The number of nitrogens with one attached hydrogen (secondary N) is 1. The van der Waals surface area contributed by atoms with Crippen molar-refractivity contribution in [2.24, 2.45) is 0 Å². The molecule has 6 heteroatoms. The summed E-state index contributed by atoms with van der Waals surface area (Å²) in [6, 6.07) is 9.73. The molecule has 1 heterocycles. The van der Waals surface area contributed by atoms with Crippen molar-refractivity contribution in [2.45, 2.75) is 32.7 Å². The normalized spacial score (nSPS) is 12.2. The lowest BCUT2D eigenvalue weighted by Crippen LogP contribution is -2.33. The lowest BCUT2D eigenvalue weighted by atomic mass is 10.1. The molecule has 5 nitrogen and oxygen atoms in total. The molecule has 2 rings (SSSR count). The second kappa shape index (κ2) is 6.67. The molecule has 0 spiro atoms. The molecule has 0 aliphatic rings. The number of anilines is 1. The van der Waals surface area contributed by atoms with Crippen molar-refractivity contribution in [3.05, 3.63) is 40.9 Å². The summed E-state index contributed by atoms with van der Waals surface area (Å²) >= 11 is 1.41. The Morgan fingerprint density at radius 1 is 1.19 bits per heavy atom. The quantitative estimate of drug-likeness (QED) is 0.932. The Morgan fingerprint density at radius 2 is 1.86 bits per heavy atom. The molecule has 0 fully saturated rings. The summed E-state index contributed by atoms with van der Waals surface area (Å²) in [5.41, 5.74) is 1.09. The zero-order valence-electron chi connectivity index (χ0n) is 12.7. The number of aromatic nitrogens is 2. The van der Waals surface area contributed by atoms with Crippen LogP contribution in [-0.4, -0.2) is 28.2 Å². The lowest BCUT2D eigenvalue weighted by Gasteiger charge is -2.24. The van der Waals surface area contributed by atoms with Crippen molar-refractivity contribution in [2.75, 3.05) is 12.4 Å². The van der Waals surface area contributed by atoms with Crippen LogP contribution in [0.25, 0.3) is 0 Å². The molecule has 0 unspecified atom stereocenters. The number of hydrogen-bond acceptors (Lipinski definition) is 4. The van der Waals surface area contributed by atoms with Crippen LogP contribution < -0.4 is 5.32 Å². The van der Waals surface area contributed by atoms with E-state index in [1.54, 1.807) is 11.9 Å². The van der Waals surface area contributed by atoms with Crippen LogP contribution in [-0.2, 0) is 0 Å². The Balaban J connectivity index is 2.02. The van der Waals surface area contributed by atoms with E-state index in [0.717, 1.165) is 10.6 Å². The Hall–Kier alpha value is -1.95. The van der Waals surface area contributed by atoms with Crippen LogP contribution in [0.3, 0.4) is 0 Å². The predicted molar refractivity (Wildman–Crippen MR) is 85.6 cm³/mol. The predicted octanol–water partition coefficient (Wildman–Crippen LogP) is 3.89. The molecule has 0 saturated heterocycles. The molecule has 112 valence electrons. The molecule has 2 aromatic rings. The number of rotatable bonds is 4. The highest BCUT2D eigenvalue weighted by molar-refractivity contribution is 7.15. The minimum atomic E-state index is -0.183. The summed E-state index contributed by atoms with van der Waals surface area (Å²) in [5, 5.41) is 12.3. The van der Waals surface area contributed by atoms with Gasteiger partial charge in [0.2, 0.25) is 5.13 Å². The molecule has 0 bridgehead atoms. The first kappa shape index (κ1) is 15.4. The average Bonchev–Trinajstić information content (AvgIpc) is 2.95. The van der Waals surface area contributed by atoms with Crippen LogP contribution >= 0.6 is 11.3 Å². The molecule has 0 saturated carbocycles. The van der Waals surface area contributed by atoms with Gasteiger partial charge >= 0.3 is 6.03 Å². The summed E-state index contributed by atoms with van der Waals surface area (Å²) in [7, 11) is 1.78. The van der Waals surface area contributed by atoms with Gasteiger partial charge in [-0.25, -0.2) is 4.79 Å². The van der Waals surface area contributed by atoms with Gasteiger partial charge < -0.3 is 4.90 Å². The highest BCUT2D eigenvalue weighted by Crippen LogP contribution is 2.24. The minimum Gasteiger partial charge on any atom is -0.321 e. The van der Waals surface area contributed by atoms with Crippen LogP contribution in [0.15, 0.2) is 30.3 Å². The fourth-order valence-corrected chi connectivity index (χ4v) is 2.56. The van der Waals surface area contributed by atoms with Crippen LogP contribution in [0, 0.1) is 0 Å². The van der Waals surface area contributed by atoms with Crippen molar-refractivity contribution in [3.8, 4) is 0 Å². The third-order valence-electron chi connectivity index (χ3n) is 3.33. The maximum absolute atomic E-state index is 12.3. The highest BCUT2D eigenvalue weighted by Gasteiger charge is 2.19. The zero-order chi connectivity index (χ0) is 15.4. The Morgan fingerprint density at radius 3 is 2.43 bits per heavy atom. The number of hydrogen-bond donors (Lipinski definition) is 1. The van der Waals surface area contributed by atoms with E-state index in [4.69, 9.17) is 0 Å². The maximum atomic E-state index is 12.3. The molecular weight excluding hydrogens is 284 g/mol. The number of amides is 2. The van der Waals surface area contributed by atoms with E-state index < -0.39 is 0 Å². The number of urea groups is 1. The third-order valence-corrected chi connectivity index (χ3v) is 4.47. The molecule has 2 amide bonds. The van der Waals surface area contributed by atoms with Crippen molar-refractivity contribution < 1.29 is 4.79 Å². The van der Waals surface area contributed by atoms with Crippen molar-refractivity contribution in [3.63, 3.8) is 0 Å². The first-order valence-electron chi connectivity index (χ1n) is 6.91. The van der Waals surface area contributed by atoms with Gasteiger partial charge in [0.25, 0.3) is 0 Å². The van der Waals surface area contributed by atoms with Gasteiger partial charge in [-0.2, -0.15) is 0 Å². The standard InChI is InChI=1S/C15H20N4OS/c1-10(2)13-17-18-14(21-13)16-15(20)19(4)11(3)12-8-6-5-7-9-12/h5-11H,1-4H3,(H,16,18,20)/t11-/m1/s1. The number of carbonyl (C=O) groups is 1. The van der Waals surface area contributed by atoms with Crippen molar-refractivity contribution in [1.82, 2.24) is 15.1 Å². The van der Waals surface area contributed by atoms with Crippen LogP contribution in [0.4, 0.5) is 9.93 Å². The van der Waals surface area contributed by atoms with Crippen LogP contribution in [0.2, 0.25) is 0 Å². The van der Waals surface area contributed by atoms with E-state index in [9.17, 15) is 4.79 Å². The van der Waals surface area contributed by atoms with Gasteiger partial charge in [-0.05, 0) is 12.5 Å². The molecule has 1 atom stereocenters. The topological polar surface area (TPSA) is 58.1 Å². The van der Waals surface area contributed by atoms with Gasteiger partial charge in [-0.3, -0.25) is 5.32 Å². The van der Waals surface area contributed by atoms with Gasteiger partial charge in [0.05, 0.1) is 6.04 Å².